The van der Waals surface area contributed by atoms with Crippen LogP contribution in [0.4, 0.5) is 0 Å². The van der Waals surface area contributed by atoms with Gasteiger partial charge >= 0.3 is 0 Å². The Morgan fingerprint density at radius 2 is 2.42 bits per heavy atom. The van der Waals surface area contributed by atoms with Crippen LogP contribution in [0.25, 0.3) is 0 Å². The van der Waals surface area contributed by atoms with Gasteiger partial charge in [-0.3, -0.25) is 4.79 Å². The molecule has 0 aromatic rings. The van der Waals surface area contributed by atoms with Gasteiger partial charge in [0.15, 0.2) is 0 Å². The molecule has 0 bridgehead atoms. The van der Waals surface area contributed by atoms with E-state index in [1.54, 1.807) is 11.8 Å². The lowest BCUT2D eigenvalue weighted by molar-refractivity contribution is -0.126. The first-order chi connectivity index (χ1) is 5.74. The third-order valence-corrected chi connectivity index (χ3v) is 2.79. The highest BCUT2D eigenvalue weighted by atomic mass is 32.2. The molecule has 0 spiro atoms. The molecule has 1 aliphatic heterocycles. The smallest absolute Gasteiger partial charge is 0.225 e. The van der Waals surface area contributed by atoms with Gasteiger partial charge in [0.05, 0.1) is 5.92 Å². The van der Waals surface area contributed by atoms with E-state index in [0.29, 0.717) is 6.04 Å². The predicted molar refractivity (Wildman–Crippen MR) is 52.3 cm³/mol. The minimum atomic E-state index is 0.204. The van der Waals surface area contributed by atoms with E-state index in [2.05, 4.69) is 10.6 Å². The van der Waals surface area contributed by atoms with Crippen LogP contribution in [-0.2, 0) is 4.79 Å². The topological polar surface area (TPSA) is 41.1 Å². The van der Waals surface area contributed by atoms with E-state index in [9.17, 15) is 4.79 Å². The van der Waals surface area contributed by atoms with Gasteiger partial charge < -0.3 is 10.6 Å². The molecule has 12 heavy (non-hydrogen) atoms. The van der Waals surface area contributed by atoms with Crippen LogP contribution >= 0.6 is 11.8 Å². The molecule has 70 valence electrons. The summed E-state index contributed by atoms with van der Waals surface area (Å²) in [6.07, 6.45) is 2.05. The van der Waals surface area contributed by atoms with Gasteiger partial charge in [0.1, 0.15) is 0 Å². The lowest BCUT2D eigenvalue weighted by Gasteiger charge is -2.27. The van der Waals surface area contributed by atoms with E-state index in [1.165, 1.54) is 0 Å². The average Bonchev–Trinajstić information content (AvgIpc) is 1.82. The molecule has 1 heterocycles. The Morgan fingerprint density at radius 1 is 1.75 bits per heavy atom. The first kappa shape index (κ1) is 9.86. The molecule has 1 rings (SSSR count). The monoisotopic (exact) mass is 188 g/mol. The second-order valence-corrected chi connectivity index (χ2v) is 4.13. The van der Waals surface area contributed by atoms with Gasteiger partial charge in [0.25, 0.3) is 0 Å². The molecule has 0 saturated carbocycles. The summed E-state index contributed by atoms with van der Waals surface area (Å²) < 4.78 is 0. The molecule has 0 aliphatic carbocycles. The molecule has 2 N–H and O–H groups in total. The molecule has 1 unspecified atom stereocenters. The van der Waals surface area contributed by atoms with Crippen molar-refractivity contribution in [3.8, 4) is 0 Å². The van der Waals surface area contributed by atoms with Gasteiger partial charge in [-0.2, -0.15) is 11.8 Å². The second kappa shape index (κ2) is 4.72. The Morgan fingerprint density at radius 3 is 2.83 bits per heavy atom. The molecule has 4 heteroatoms. The number of carbonyl (C=O) groups is 1. The quantitative estimate of drug-likeness (QED) is 0.656. The summed E-state index contributed by atoms with van der Waals surface area (Å²) in [6, 6.07) is 0.299. The predicted octanol–water partition coefficient (Wildman–Crippen LogP) is 0.0735. The minimum absolute atomic E-state index is 0.204. The summed E-state index contributed by atoms with van der Waals surface area (Å²) >= 11 is 1.76. The highest BCUT2D eigenvalue weighted by molar-refractivity contribution is 7.98. The van der Waals surface area contributed by atoms with Gasteiger partial charge in [-0.15, -0.1) is 0 Å². The molecular weight excluding hydrogens is 172 g/mol. The molecule has 1 fully saturated rings. The van der Waals surface area contributed by atoms with Crippen LogP contribution in [-0.4, -0.2) is 37.0 Å². The van der Waals surface area contributed by atoms with Crippen molar-refractivity contribution < 1.29 is 4.79 Å². The Labute approximate surface area is 77.7 Å². The first-order valence-corrected chi connectivity index (χ1v) is 5.63. The molecule has 0 aromatic carbocycles. The summed E-state index contributed by atoms with van der Waals surface area (Å²) in [5, 5.41) is 6.06. The Balaban J connectivity index is 2.15. The number of thioether (sulfide) groups is 1. The van der Waals surface area contributed by atoms with Crippen LogP contribution in [0.3, 0.4) is 0 Å². The Bertz CT molecular complexity index is 159. The third kappa shape index (κ3) is 2.68. The molecule has 0 aromatic heterocycles. The maximum atomic E-state index is 11.4. The van der Waals surface area contributed by atoms with Crippen molar-refractivity contribution in [1.82, 2.24) is 10.6 Å². The number of nitrogens with one attached hydrogen (secondary N) is 2. The van der Waals surface area contributed by atoms with E-state index in [-0.39, 0.29) is 11.8 Å². The molecule has 1 atom stereocenters. The summed E-state index contributed by atoms with van der Waals surface area (Å²) in [6.45, 7) is 3.73. The fourth-order valence-electron chi connectivity index (χ4n) is 1.13. The van der Waals surface area contributed by atoms with Crippen molar-refractivity contribution in [3.05, 3.63) is 0 Å². The van der Waals surface area contributed by atoms with Gasteiger partial charge in [-0.25, -0.2) is 0 Å². The van der Waals surface area contributed by atoms with Crippen LogP contribution in [0.1, 0.15) is 6.92 Å². The largest absolute Gasteiger partial charge is 0.352 e. The number of amides is 1. The summed E-state index contributed by atoms with van der Waals surface area (Å²) in [4.78, 5) is 11.4. The normalized spacial score (nSPS) is 19.8. The van der Waals surface area contributed by atoms with Gasteiger partial charge in [0.2, 0.25) is 5.91 Å². The van der Waals surface area contributed by atoms with Gasteiger partial charge in [-0.1, -0.05) is 0 Å². The molecule has 3 nitrogen and oxygen atoms in total. The van der Waals surface area contributed by atoms with Crippen molar-refractivity contribution in [3.63, 3.8) is 0 Å². The second-order valence-electron chi connectivity index (χ2n) is 3.22. The SMILES string of the molecule is CSCC(C)NC(=O)C1CNC1. The molecule has 1 amide bonds. The van der Waals surface area contributed by atoms with E-state index in [1.807, 2.05) is 13.2 Å². The van der Waals surface area contributed by atoms with Crippen molar-refractivity contribution in [2.24, 2.45) is 5.92 Å². The Hall–Kier alpha value is -0.220. The zero-order valence-electron chi connectivity index (χ0n) is 7.59. The molecule has 1 aliphatic rings. The summed E-state index contributed by atoms with van der Waals surface area (Å²) in [5.41, 5.74) is 0. The first-order valence-electron chi connectivity index (χ1n) is 4.24. The molecule has 0 radical (unpaired) electrons. The van der Waals surface area contributed by atoms with Crippen molar-refractivity contribution in [2.45, 2.75) is 13.0 Å². The third-order valence-electron chi connectivity index (χ3n) is 1.96. The van der Waals surface area contributed by atoms with E-state index in [4.69, 9.17) is 0 Å². The number of hydrogen-bond donors (Lipinski definition) is 2. The Kier molecular flexibility index (Phi) is 3.88. The lowest BCUT2D eigenvalue weighted by Crippen LogP contribution is -2.52. The zero-order valence-corrected chi connectivity index (χ0v) is 8.41. The molecule has 1 saturated heterocycles. The van der Waals surface area contributed by atoms with Crippen molar-refractivity contribution in [2.75, 3.05) is 25.1 Å². The molecular formula is C8H16N2OS. The van der Waals surface area contributed by atoms with E-state index in [0.717, 1.165) is 18.8 Å². The van der Waals surface area contributed by atoms with E-state index >= 15 is 0 Å². The van der Waals surface area contributed by atoms with Crippen LogP contribution in [0, 0.1) is 5.92 Å². The number of hydrogen-bond acceptors (Lipinski definition) is 3. The standard InChI is InChI=1S/C8H16N2OS/c1-6(5-12-2)10-8(11)7-3-9-4-7/h6-7,9H,3-5H2,1-2H3,(H,10,11). The number of rotatable bonds is 4. The van der Waals surface area contributed by atoms with Crippen LogP contribution in [0.5, 0.6) is 0 Å². The van der Waals surface area contributed by atoms with Crippen LogP contribution < -0.4 is 10.6 Å². The summed E-state index contributed by atoms with van der Waals surface area (Å²) in [7, 11) is 0. The maximum Gasteiger partial charge on any atom is 0.225 e. The fraction of sp³-hybridized carbons (Fsp3) is 0.875. The highest BCUT2D eigenvalue weighted by Gasteiger charge is 2.25. The van der Waals surface area contributed by atoms with E-state index < -0.39 is 0 Å². The van der Waals surface area contributed by atoms with Crippen LogP contribution in [0.2, 0.25) is 0 Å². The maximum absolute atomic E-state index is 11.4. The van der Waals surface area contributed by atoms with Gasteiger partial charge in [-0.05, 0) is 13.2 Å². The zero-order chi connectivity index (χ0) is 8.97. The van der Waals surface area contributed by atoms with Crippen molar-refractivity contribution in [1.29, 1.82) is 0 Å². The fourth-order valence-corrected chi connectivity index (χ4v) is 1.71. The average molecular weight is 188 g/mol. The minimum Gasteiger partial charge on any atom is -0.352 e. The number of carbonyl (C=O) groups excluding carboxylic acids is 1. The summed E-state index contributed by atoms with van der Waals surface area (Å²) in [5.74, 6) is 1.41. The lowest BCUT2D eigenvalue weighted by atomic mass is 10.0. The van der Waals surface area contributed by atoms with Crippen LogP contribution in [0.15, 0.2) is 0 Å². The van der Waals surface area contributed by atoms with Gasteiger partial charge in [0, 0.05) is 24.9 Å². The van der Waals surface area contributed by atoms with Crippen molar-refractivity contribution >= 4 is 17.7 Å². The highest BCUT2D eigenvalue weighted by Crippen LogP contribution is 2.04.